The van der Waals surface area contributed by atoms with Crippen molar-refractivity contribution < 1.29 is 66.3 Å². The van der Waals surface area contributed by atoms with Gasteiger partial charge >= 0.3 is 15.6 Å². The van der Waals surface area contributed by atoms with Gasteiger partial charge in [-0.3, -0.25) is 37.8 Å². The van der Waals surface area contributed by atoms with Crippen molar-refractivity contribution in [3.63, 3.8) is 0 Å². The molecule has 2 aromatic heterocycles. The zero-order valence-corrected chi connectivity index (χ0v) is 28.6. The fourth-order valence-electron chi connectivity index (χ4n) is 5.46. The Morgan fingerprint density at radius 2 is 1.75 bits per heavy atom. The monoisotopic (exact) mass is 765 g/mol. The van der Waals surface area contributed by atoms with Crippen LogP contribution in [-0.2, 0) is 32.0 Å². The van der Waals surface area contributed by atoms with E-state index in [1.54, 1.807) is 13.0 Å². The third-order valence-corrected chi connectivity index (χ3v) is 10.4. The van der Waals surface area contributed by atoms with Crippen molar-refractivity contribution in [1.82, 2.24) is 19.5 Å². The van der Waals surface area contributed by atoms with Crippen molar-refractivity contribution in [3.8, 4) is 5.75 Å². The number of nitrogen functional groups attached to an aromatic ring is 1. The molecule has 4 aromatic rings. The number of aliphatic hydroxyl groups is 2. The summed E-state index contributed by atoms with van der Waals surface area (Å²) >= 11 is 0. The zero-order valence-electron chi connectivity index (χ0n) is 26.8. The van der Waals surface area contributed by atoms with E-state index in [0.29, 0.717) is 11.3 Å². The van der Waals surface area contributed by atoms with E-state index in [9.17, 15) is 48.3 Å². The average molecular weight is 766 g/mol. The van der Waals surface area contributed by atoms with Crippen LogP contribution in [0.3, 0.4) is 0 Å². The number of nitrogens with zero attached hydrogens (tertiary/aromatic N) is 4. The first-order chi connectivity index (χ1) is 24.5. The molecule has 2 aliphatic rings. The minimum atomic E-state index is -5.44. The molecule has 6 rings (SSSR count). The third-order valence-electron chi connectivity index (χ3n) is 7.84. The minimum Gasteiger partial charge on any atom is -0.497 e. The number of aromatic amines is 1. The number of nitrogens with two attached hydrogens (primary N) is 1. The van der Waals surface area contributed by atoms with Crippen LogP contribution in [0.5, 0.6) is 5.75 Å². The molecule has 4 heterocycles. The summed E-state index contributed by atoms with van der Waals surface area (Å²) in [5.74, 6) is -2.01. The van der Waals surface area contributed by atoms with Crippen LogP contribution in [0.2, 0.25) is 0 Å². The number of phosphoric acid groups is 2. The van der Waals surface area contributed by atoms with Gasteiger partial charge in [0, 0.05) is 5.69 Å². The summed E-state index contributed by atoms with van der Waals surface area (Å²) < 4.78 is 50.0. The Balaban J connectivity index is 1.01. The molecule has 2 aliphatic heterocycles. The summed E-state index contributed by atoms with van der Waals surface area (Å²) in [4.78, 5) is 81.6. The number of aromatic nitrogens is 4. The number of phosphoric ester groups is 2. The molecule has 1 fully saturated rings. The van der Waals surface area contributed by atoms with Crippen LogP contribution in [-0.4, -0.2) is 95.9 Å². The molecular weight excluding hydrogens is 736 g/mol. The number of amides is 3. The van der Waals surface area contributed by atoms with E-state index in [4.69, 9.17) is 15.2 Å². The molecule has 6 atom stereocenters. The lowest BCUT2D eigenvalue weighted by Gasteiger charge is -2.19. The van der Waals surface area contributed by atoms with Crippen LogP contribution in [0.15, 0.2) is 47.5 Å². The Kier molecular flexibility index (Phi) is 9.89. The zero-order chi connectivity index (χ0) is 37.7. The predicted molar refractivity (Wildman–Crippen MR) is 175 cm³/mol. The molecule has 22 nitrogen and oxygen atoms in total. The predicted octanol–water partition coefficient (Wildman–Crippen LogP) is 0.328. The highest BCUT2D eigenvalue weighted by Gasteiger charge is 2.46. The second-order valence-corrected chi connectivity index (χ2v) is 14.4. The molecule has 2 aromatic carbocycles. The molecule has 52 heavy (non-hydrogen) atoms. The van der Waals surface area contributed by atoms with E-state index in [1.165, 1.54) is 37.4 Å². The van der Waals surface area contributed by atoms with Gasteiger partial charge in [-0.05, 0) is 48.9 Å². The number of aryl methyl sites for hydroxylation is 1. The molecule has 2 unspecified atom stereocenters. The van der Waals surface area contributed by atoms with Gasteiger partial charge in [-0.1, -0.05) is 0 Å². The fraction of sp³-hybridized carbons (Fsp3) is 0.286. The topological polar surface area (TPSA) is 317 Å². The molecule has 0 aliphatic carbocycles. The Bertz CT molecular complexity index is 2260. The minimum absolute atomic E-state index is 0.104. The molecule has 276 valence electrons. The lowest BCUT2D eigenvalue weighted by atomic mass is 10.1. The molecule has 8 N–H and O–H groups in total. The lowest BCUT2D eigenvalue weighted by molar-refractivity contribution is -0.118. The molecule has 1 saturated heterocycles. The number of rotatable bonds is 12. The lowest BCUT2D eigenvalue weighted by Crippen LogP contribution is -2.33. The number of hydrogen-bond acceptors (Lipinski definition) is 16. The average Bonchev–Trinajstić information content (AvgIpc) is 3.70. The van der Waals surface area contributed by atoms with Crippen LogP contribution < -0.4 is 26.2 Å². The second kappa shape index (κ2) is 13.9. The van der Waals surface area contributed by atoms with Crippen LogP contribution in [0.1, 0.15) is 32.5 Å². The van der Waals surface area contributed by atoms with Gasteiger partial charge in [-0.15, -0.1) is 0 Å². The summed E-state index contributed by atoms with van der Waals surface area (Å²) in [5, 5.41) is 23.3. The number of methoxy groups -OCH3 is 1. The number of fused-ring (bicyclic) bond motifs is 2. The molecule has 0 spiro atoms. The van der Waals surface area contributed by atoms with Gasteiger partial charge in [0.15, 0.2) is 17.4 Å². The number of nitrogens with one attached hydrogen (secondary N) is 2. The Morgan fingerprint density at radius 1 is 1.04 bits per heavy atom. The van der Waals surface area contributed by atoms with Crippen molar-refractivity contribution in [3.05, 3.63) is 69.8 Å². The van der Waals surface area contributed by atoms with E-state index < -0.39 is 76.7 Å². The Hall–Kier alpha value is -4.86. The SMILES string of the molecule is COc1ccc2c(c1)C(=O)N(c1ccc(NC(=O)COP(=O)(O)OP(=O)(O)OC[C@H]3O[C@@H](n4cnc5c(=O)[nH]c(N)nc54)[C@H](O)[C@@H]3O)cc1C)C2=O. The van der Waals surface area contributed by atoms with Crippen LogP contribution >= 0.6 is 15.6 Å². The van der Waals surface area contributed by atoms with E-state index in [2.05, 4.69) is 33.6 Å². The van der Waals surface area contributed by atoms with Crippen LogP contribution in [0.4, 0.5) is 17.3 Å². The molecule has 0 saturated carbocycles. The van der Waals surface area contributed by atoms with Gasteiger partial charge in [0.05, 0.1) is 36.9 Å². The summed E-state index contributed by atoms with van der Waals surface area (Å²) in [6.45, 7) is -0.532. The Morgan fingerprint density at radius 3 is 2.46 bits per heavy atom. The fourth-order valence-corrected chi connectivity index (χ4v) is 7.49. The van der Waals surface area contributed by atoms with E-state index in [1.807, 2.05) is 0 Å². The highest BCUT2D eigenvalue weighted by atomic mass is 31.3. The first-order valence-electron chi connectivity index (χ1n) is 14.9. The van der Waals surface area contributed by atoms with Crippen LogP contribution in [0, 0.1) is 6.92 Å². The van der Waals surface area contributed by atoms with Crippen molar-refractivity contribution in [1.29, 1.82) is 0 Å². The number of anilines is 3. The second-order valence-electron chi connectivity index (χ2n) is 11.3. The molecular formula is C28H29N7O15P2. The van der Waals surface area contributed by atoms with Crippen molar-refractivity contribution in [2.24, 2.45) is 0 Å². The molecule has 3 amide bonds. The highest BCUT2D eigenvalue weighted by Crippen LogP contribution is 2.60. The number of benzene rings is 2. The number of carbonyl (C=O) groups excluding carboxylic acids is 3. The smallest absolute Gasteiger partial charge is 0.481 e. The summed E-state index contributed by atoms with van der Waals surface area (Å²) in [6.07, 6.45) is -5.28. The third kappa shape index (κ3) is 7.25. The van der Waals surface area contributed by atoms with Gasteiger partial charge in [-0.25, -0.2) is 19.0 Å². The van der Waals surface area contributed by atoms with Crippen molar-refractivity contribution in [2.45, 2.75) is 31.5 Å². The number of imide groups is 1. The van der Waals surface area contributed by atoms with E-state index in [0.717, 1.165) is 15.8 Å². The summed E-state index contributed by atoms with van der Waals surface area (Å²) in [6, 6.07) is 8.66. The molecule has 0 radical (unpaired) electrons. The normalized spacial score (nSPS) is 22.3. The number of ether oxygens (including phenoxy) is 2. The first kappa shape index (κ1) is 36.9. The van der Waals surface area contributed by atoms with Crippen molar-refractivity contribution >= 4 is 61.9 Å². The van der Waals surface area contributed by atoms with Gasteiger partial charge in [0.2, 0.25) is 5.95 Å². The van der Waals surface area contributed by atoms with Crippen molar-refractivity contribution in [2.75, 3.05) is 36.3 Å². The first-order valence-corrected chi connectivity index (χ1v) is 17.8. The standard InChI is InChI=1S/C28H29N7O15P2/c1-12-7-13(3-6-17(12)35-25(40)15-5-4-14(46-2)8-16(15)26(35)41)31-19(36)10-48-52(44,45)50-51(42,43)47-9-18-21(37)22(38)27(49-18)34-11-30-20-23(34)32-28(29)33-24(20)39/h3-8,11,18,21-22,27,37-38H,9-10H2,1-2H3,(H,31,36)(H,42,43)(H,44,45)(H3,29,32,33,39)/t18-,21-,22-,27-/m1/s1. The van der Waals surface area contributed by atoms with Gasteiger partial charge in [0.1, 0.15) is 30.7 Å². The maximum Gasteiger partial charge on any atom is 0.481 e. The van der Waals surface area contributed by atoms with Gasteiger partial charge in [-0.2, -0.15) is 9.29 Å². The summed E-state index contributed by atoms with van der Waals surface area (Å²) in [7, 11) is -9.45. The number of hydrogen-bond donors (Lipinski definition) is 7. The molecule has 0 bridgehead atoms. The number of H-pyrrole nitrogens is 1. The maximum atomic E-state index is 13.0. The number of imidazole rings is 1. The Labute approximate surface area is 290 Å². The quantitative estimate of drug-likeness (QED) is 0.0754. The number of aliphatic hydroxyl groups excluding tert-OH is 2. The van der Waals surface area contributed by atoms with E-state index >= 15 is 0 Å². The maximum absolute atomic E-state index is 13.0. The van der Waals surface area contributed by atoms with Gasteiger partial charge in [0.25, 0.3) is 23.3 Å². The van der Waals surface area contributed by atoms with E-state index in [-0.39, 0.29) is 39.6 Å². The summed E-state index contributed by atoms with van der Waals surface area (Å²) in [5.41, 5.74) is 5.74. The molecule has 24 heteroatoms. The largest absolute Gasteiger partial charge is 0.497 e. The van der Waals surface area contributed by atoms with Gasteiger partial charge < -0.3 is 40.5 Å². The number of carbonyl (C=O) groups is 3. The van der Waals surface area contributed by atoms with Crippen LogP contribution in [0.25, 0.3) is 11.2 Å². The highest BCUT2D eigenvalue weighted by molar-refractivity contribution is 7.61.